The topological polar surface area (TPSA) is 63.2 Å². The van der Waals surface area contributed by atoms with Crippen molar-refractivity contribution in [3.8, 4) is 5.75 Å². The molecule has 3 aromatic carbocycles. The summed E-state index contributed by atoms with van der Waals surface area (Å²) in [5.41, 5.74) is 6.56. The molecule has 170 valence electrons. The van der Waals surface area contributed by atoms with Crippen LogP contribution in [0, 0.1) is 5.82 Å². The number of anilines is 1. The molecule has 3 aromatic rings. The van der Waals surface area contributed by atoms with E-state index in [1.807, 2.05) is 19.1 Å². The van der Waals surface area contributed by atoms with Crippen LogP contribution in [0.15, 0.2) is 77.9 Å². The zero-order valence-corrected chi connectivity index (χ0v) is 18.5. The first kappa shape index (κ1) is 22.5. The van der Waals surface area contributed by atoms with Gasteiger partial charge in [-0.25, -0.2) is 9.82 Å². The minimum Gasteiger partial charge on any atom is -0.488 e. The molecule has 0 aliphatic carbocycles. The number of morpholine rings is 1. The summed E-state index contributed by atoms with van der Waals surface area (Å²) >= 11 is 0. The van der Waals surface area contributed by atoms with Crippen LogP contribution in [-0.2, 0) is 11.3 Å². The number of hydrazone groups is 1. The lowest BCUT2D eigenvalue weighted by molar-refractivity contribution is 0.0950. The van der Waals surface area contributed by atoms with E-state index in [2.05, 4.69) is 27.6 Å². The highest BCUT2D eigenvalue weighted by Gasteiger charge is 2.13. The Labute approximate surface area is 192 Å². The van der Waals surface area contributed by atoms with Crippen LogP contribution in [-0.4, -0.2) is 37.9 Å². The third-order valence-electron chi connectivity index (χ3n) is 5.43. The maximum atomic E-state index is 13.1. The average molecular weight is 448 g/mol. The van der Waals surface area contributed by atoms with Gasteiger partial charge in [0, 0.05) is 18.8 Å². The number of carbonyl (C=O) groups is 1. The fourth-order valence-electron chi connectivity index (χ4n) is 3.52. The maximum Gasteiger partial charge on any atom is 0.275 e. The van der Waals surface area contributed by atoms with Gasteiger partial charge >= 0.3 is 0 Å². The number of ether oxygens (including phenoxy) is 2. The Bertz CT molecular complexity index is 1110. The molecule has 1 aliphatic rings. The zero-order valence-electron chi connectivity index (χ0n) is 18.5. The predicted molar refractivity (Wildman–Crippen MR) is 126 cm³/mol. The Hall–Kier alpha value is -3.71. The van der Waals surface area contributed by atoms with Crippen molar-refractivity contribution in [2.45, 2.75) is 13.5 Å². The van der Waals surface area contributed by atoms with Crippen molar-refractivity contribution >= 4 is 17.3 Å². The van der Waals surface area contributed by atoms with Crippen LogP contribution in [0.4, 0.5) is 10.1 Å². The van der Waals surface area contributed by atoms with E-state index in [1.165, 1.54) is 12.1 Å². The third-order valence-corrected chi connectivity index (χ3v) is 5.43. The third kappa shape index (κ3) is 5.96. The molecule has 0 radical (unpaired) electrons. The van der Waals surface area contributed by atoms with Gasteiger partial charge in [0.25, 0.3) is 5.91 Å². The summed E-state index contributed by atoms with van der Waals surface area (Å²) in [5, 5.41) is 4.27. The van der Waals surface area contributed by atoms with Gasteiger partial charge in [-0.3, -0.25) is 4.79 Å². The number of hydrogen-bond acceptors (Lipinski definition) is 5. The van der Waals surface area contributed by atoms with Gasteiger partial charge in [-0.05, 0) is 54.4 Å². The van der Waals surface area contributed by atoms with Crippen LogP contribution in [0.1, 0.15) is 28.4 Å². The Morgan fingerprint density at radius 1 is 1.03 bits per heavy atom. The molecule has 0 saturated carbocycles. The average Bonchev–Trinajstić information content (AvgIpc) is 2.87. The minimum atomic E-state index is -0.367. The van der Waals surface area contributed by atoms with Crippen molar-refractivity contribution < 1.29 is 18.7 Å². The maximum absolute atomic E-state index is 13.1. The number of benzene rings is 3. The Kier molecular flexibility index (Phi) is 7.32. The summed E-state index contributed by atoms with van der Waals surface area (Å²) in [6.07, 6.45) is 0. The lowest BCUT2D eigenvalue weighted by atomic mass is 10.1. The highest BCUT2D eigenvalue weighted by Crippen LogP contribution is 2.20. The standard InChI is InChI=1S/C26H26FN3O3/c1-19(21-8-12-23(13-9-21)30-14-16-32-17-15-30)28-29-26(31)24-4-2-3-5-25(24)33-18-20-6-10-22(27)11-7-20/h2-13H,14-18H2,1H3,(H,29,31). The molecule has 1 aliphatic heterocycles. The van der Waals surface area contributed by atoms with Gasteiger partial charge in [0.05, 0.1) is 24.5 Å². The predicted octanol–water partition coefficient (Wildman–Crippen LogP) is 4.40. The Morgan fingerprint density at radius 2 is 1.73 bits per heavy atom. The number of hydrogen-bond donors (Lipinski definition) is 1. The van der Waals surface area contributed by atoms with Gasteiger partial charge < -0.3 is 14.4 Å². The summed E-state index contributed by atoms with van der Waals surface area (Å²) < 4.78 is 24.3. The van der Waals surface area contributed by atoms with E-state index in [4.69, 9.17) is 9.47 Å². The van der Waals surface area contributed by atoms with E-state index < -0.39 is 0 Å². The Morgan fingerprint density at radius 3 is 2.45 bits per heavy atom. The molecule has 1 N–H and O–H groups in total. The molecule has 0 unspecified atom stereocenters. The first-order chi connectivity index (χ1) is 16.1. The molecule has 0 aromatic heterocycles. The largest absolute Gasteiger partial charge is 0.488 e. The van der Waals surface area contributed by atoms with Crippen molar-refractivity contribution in [3.05, 3.63) is 95.3 Å². The fraction of sp³-hybridized carbons (Fsp3) is 0.231. The second-order valence-corrected chi connectivity index (χ2v) is 7.70. The summed E-state index contributed by atoms with van der Waals surface area (Å²) in [6, 6.07) is 21.1. The van der Waals surface area contributed by atoms with E-state index in [1.54, 1.807) is 36.4 Å². The number of halogens is 1. The van der Waals surface area contributed by atoms with Gasteiger partial charge in [0.15, 0.2) is 0 Å². The van der Waals surface area contributed by atoms with Crippen LogP contribution >= 0.6 is 0 Å². The molecule has 33 heavy (non-hydrogen) atoms. The van der Waals surface area contributed by atoms with Gasteiger partial charge in [-0.1, -0.05) is 36.4 Å². The lowest BCUT2D eigenvalue weighted by Gasteiger charge is -2.28. The van der Waals surface area contributed by atoms with Gasteiger partial charge in [0.1, 0.15) is 18.2 Å². The molecule has 1 amide bonds. The second kappa shape index (κ2) is 10.7. The van der Waals surface area contributed by atoms with Crippen LogP contribution < -0.4 is 15.1 Å². The van der Waals surface area contributed by atoms with Crippen LogP contribution in [0.5, 0.6) is 5.75 Å². The van der Waals surface area contributed by atoms with Gasteiger partial charge in [-0.15, -0.1) is 0 Å². The molecule has 0 bridgehead atoms. The fourth-order valence-corrected chi connectivity index (χ4v) is 3.52. The van der Waals surface area contributed by atoms with Crippen molar-refractivity contribution in [2.75, 3.05) is 31.2 Å². The zero-order chi connectivity index (χ0) is 23.0. The lowest BCUT2D eigenvalue weighted by Crippen LogP contribution is -2.36. The summed E-state index contributed by atoms with van der Waals surface area (Å²) in [5.74, 6) is -0.237. The number of para-hydroxylation sites is 1. The molecule has 7 heteroatoms. The molecular weight excluding hydrogens is 421 g/mol. The monoisotopic (exact) mass is 447 g/mol. The highest BCUT2D eigenvalue weighted by atomic mass is 19.1. The SMILES string of the molecule is CC(=NNC(=O)c1ccccc1OCc1ccc(F)cc1)c1ccc(N2CCOCC2)cc1. The molecule has 1 fully saturated rings. The van der Waals surface area contributed by atoms with Crippen LogP contribution in [0.3, 0.4) is 0 Å². The first-order valence-corrected chi connectivity index (χ1v) is 10.8. The van der Waals surface area contributed by atoms with Crippen LogP contribution in [0.2, 0.25) is 0 Å². The van der Waals surface area contributed by atoms with E-state index in [9.17, 15) is 9.18 Å². The van der Waals surface area contributed by atoms with Gasteiger partial charge in [-0.2, -0.15) is 5.10 Å². The Balaban J connectivity index is 1.39. The normalized spacial score (nSPS) is 14.1. The van der Waals surface area contributed by atoms with Crippen molar-refractivity contribution in [2.24, 2.45) is 5.10 Å². The number of carbonyl (C=O) groups excluding carboxylic acids is 1. The second-order valence-electron chi connectivity index (χ2n) is 7.70. The number of rotatable bonds is 7. The first-order valence-electron chi connectivity index (χ1n) is 10.8. The molecule has 1 saturated heterocycles. The molecule has 4 rings (SSSR count). The number of amides is 1. The highest BCUT2D eigenvalue weighted by molar-refractivity contribution is 6.01. The van der Waals surface area contributed by atoms with Crippen molar-refractivity contribution in [1.29, 1.82) is 0 Å². The molecule has 1 heterocycles. The van der Waals surface area contributed by atoms with E-state index >= 15 is 0 Å². The molecule has 0 atom stereocenters. The molecular formula is C26H26FN3O3. The van der Waals surface area contributed by atoms with E-state index in [0.717, 1.165) is 43.1 Å². The van der Waals surface area contributed by atoms with E-state index in [0.29, 0.717) is 17.0 Å². The van der Waals surface area contributed by atoms with Crippen molar-refractivity contribution in [3.63, 3.8) is 0 Å². The quantitative estimate of drug-likeness (QED) is 0.431. The summed E-state index contributed by atoms with van der Waals surface area (Å²) in [7, 11) is 0. The summed E-state index contributed by atoms with van der Waals surface area (Å²) in [4.78, 5) is 15.0. The summed E-state index contributed by atoms with van der Waals surface area (Å²) in [6.45, 7) is 5.31. The number of nitrogens with zero attached hydrogens (tertiary/aromatic N) is 2. The van der Waals surface area contributed by atoms with Gasteiger partial charge in [0.2, 0.25) is 0 Å². The number of nitrogens with one attached hydrogen (secondary N) is 1. The van der Waals surface area contributed by atoms with Crippen LogP contribution in [0.25, 0.3) is 0 Å². The van der Waals surface area contributed by atoms with E-state index in [-0.39, 0.29) is 18.3 Å². The minimum absolute atomic E-state index is 0.225. The smallest absolute Gasteiger partial charge is 0.275 e. The molecule has 0 spiro atoms. The van der Waals surface area contributed by atoms with Crippen molar-refractivity contribution in [1.82, 2.24) is 5.43 Å². The molecule has 6 nitrogen and oxygen atoms in total.